The molecule has 0 radical (unpaired) electrons. The zero-order chi connectivity index (χ0) is 19.2. The molecule has 0 N–H and O–H groups in total. The van der Waals surface area contributed by atoms with Gasteiger partial charge in [0, 0.05) is 15.8 Å². The third kappa shape index (κ3) is 5.64. The molecule has 1 heterocycles. The zero-order valence-electron chi connectivity index (χ0n) is 14.4. The summed E-state index contributed by atoms with van der Waals surface area (Å²) in [5.41, 5.74) is 2.47. The SMILES string of the molecule is Cc1ccc(-c2nnc(COC(=O)CSCc3ccc(Br)cc3F)o2)cc1. The molecule has 0 aliphatic heterocycles. The Kier molecular flexibility index (Phi) is 6.63. The summed E-state index contributed by atoms with van der Waals surface area (Å²) in [7, 11) is 0. The molecular weight excluding hydrogens is 435 g/mol. The largest absolute Gasteiger partial charge is 0.455 e. The highest BCUT2D eigenvalue weighted by Crippen LogP contribution is 2.21. The minimum Gasteiger partial charge on any atom is -0.455 e. The van der Waals surface area contributed by atoms with Gasteiger partial charge in [0.25, 0.3) is 5.89 Å². The summed E-state index contributed by atoms with van der Waals surface area (Å²) >= 11 is 4.49. The molecule has 0 amide bonds. The van der Waals surface area contributed by atoms with E-state index in [1.165, 1.54) is 17.8 Å². The molecule has 0 aliphatic rings. The van der Waals surface area contributed by atoms with Gasteiger partial charge in [-0.1, -0.05) is 39.7 Å². The first-order valence-electron chi connectivity index (χ1n) is 8.08. The number of rotatable bonds is 7. The summed E-state index contributed by atoms with van der Waals surface area (Å²) in [4.78, 5) is 11.8. The highest BCUT2D eigenvalue weighted by Gasteiger charge is 2.12. The standard InChI is InChI=1S/C19H16BrFN2O3S/c1-12-2-4-13(5-3-12)19-23-22-17(26-19)9-25-18(24)11-27-10-14-6-7-15(20)8-16(14)21/h2-8H,9-11H2,1H3. The van der Waals surface area contributed by atoms with Crippen molar-refractivity contribution in [2.45, 2.75) is 19.3 Å². The minimum absolute atomic E-state index is 0.0924. The van der Waals surface area contributed by atoms with Crippen LogP contribution in [0.5, 0.6) is 0 Å². The average Bonchev–Trinajstić information content (AvgIpc) is 3.11. The number of aryl methyl sites for hydroxylation is 1. The second kappa shape index (κ2) is 9.14. The Bertz CT molecular complexity index is 931. The zero-order valence-corrected chi connectivity index (χ0v) is 16.8. The van der Waals surface area contributed by atoms with Crippen LogP contribution >= 0.6 is 27.7 Å². The molecule has 0 unspecified atom stereocenters. The lowest BCUT2D eigenvalue weighted by atomic mass is 10.1. The molecule has 0 spiro atoms. The molecule has 1 aromatic heterocycles. The number of thioether (sulfide) groups is 1. The van der Waals surface area contributed by atoms with Crippen molar-refractivity contribution in [2.24, 2.45) is 0 Å². The Hall–Kier alpha value is -2.19. The number of hydrogen-bond donors (Lipinski definition) is 0. The third-order valence-electron chi connectivity index (χ3n) is 3.61. The lowest BCUT2D eigenvalue weighted by Crippen LogP contribution is -2.07. The van der Waals surface area contributed by atoms with Gasteiger partial charge in [0.2, 0.25) is 5.89 Å². The number of halogens is 2. The van der Waals surface area contributed by atoms with Gasteiger partial charge in [-0.2, -0.15) is 0 Å². The van der Waals surface area contributed by atoms with Gasteiger partial charge in [-0.05, 0) is 36.8 Å². The highest BCUT2D eigenvalue weighted by molar-refractivity contribution is 9.10. The lowest BCUT2D eigenvalue weighted by molar-refractivity contribution is -0.142. The quantitative estimate of drug-likeness (QED) is 0.475. The van der Waals surface area contributed by atoms with E-state index in [4.69, 9.17) is 9.15 Å². The Balaban J connectivity index is 1.44. The van der Waals surface area contributed by atoms with Crippen LogP contribution in [0.2, 0.25) is 0 Å². The average molecular weight is 451 g/mol. The number of aromatic nitrogens is 2. The Labute approximate surface area is 168 Å². The van der Waals surface area contributed by atoms with Crippen LogP contribution in [0.1, 0.15) is 17.0 Å². The molecule has 0 bridgehead atoms. The smallest absolute Gasteiger partial charge is 0.316 e. The molecule has 0 saturated heterocycles. The van der Waals surface area contributed by atoms with Crippen LogP contribution < -0.4 is 0 Å². The van der Waals surface area contributed by atoms with Crippen LogP contribution in [0.25, 0.3) is 11.5 Å². The molecule has 27 heavy (non-hydrogen) atoms. The monoisotopic (exact) mass is 450 g/mol. The first kappa shape index (κ1) is 19.6. The van der Waals surface area contributed by atoms with Gasteiger partial charge in [0.15, 0.2) is 6.61 Å². The van der Waals surface area contributed by atoms with E-state index in [9.17, 15) is 9.18 Å². The molecule has 0 saturated carbocycles. The molecule has 0 atom stereocenters. The van der Waals surface area contributed by atoms with E-state index in [0.29, 0.717) is 21.7 Å². The maximum atomic E-state index is 13.7. The lowest BCUT2D eigenvalue weighted by Gasteiger charge is -2.04. The van der Waals surface area contributed by atoms with Crippen LogP contribution in [0.15, 0.2) is 51.4 Å². The van der Waals surface area contributed by atoms with Crippen LogP contribution in [0.3, 0.4) is 0 Å². The predicted octanol–water partition coefficient (Wildman–Crippen LogP) is 4.92. The van der Waals surface area contributed by atoms with Crippen molar-refractivity contribution in [1.82, 2.24) is 10.2 Å². The molecule has 5 nitrogen and oxygen atoms in total. The van der Waals surface area contributed by atoms with E-state index in [1.54, 1.807) is 12.1 Å². The highest BCUT2D eigenvalue weighted by atomic mass is 79.9. The van der Waals surface area contributed by atoms with E-state index in [0.717, 1.165) is 11.1 Å². The van der Waals surface area contributed by atoms with Crippen molar-refractivity contribution in [2.75, 3.05) is 5.75 Å². The Morgan fingerprint density at radius 3 is 2.74 bits per heavy atom. The number of nitrogens with zero attached hydrogens (tertiary/aromatic N) is 2. The topological polar surface area (TPSA) is 65.2 Å². The van der Waals surface area contributed by atoms with Gasteiger partial charge in [0.1, 0.15) is 5.82 Å². The van der Waals surface area contributed by atoms with Crippen molar-refractivity contribution in [3.05, 3.63) is 69.8 Å². The number of benzene rings is 2. The summed E-state index contributed by atoms with van der Waals surface area (Å²) in [6, 6.07) is 12.5. The maximum absolute atomic E-state index is 13.7. The summed E-state index contributed by atoms with van der Waals surface area (Å²) in [5.74, 6) is 0.359. The summed E-state index contributed by atoms with van der Waals surface area (Å²) in [6.45, 7) is 1.90. The predicted molar refractivity (Wildman–Crippen MR) is 105 cm³/mol. The number of esters is 1. The van der Waals surface area contributed by atoms with E-state index in [1.807, 2.05) is 31.2 Å². The van der Waals surface area contributed by atoms with Gasteiger partial charge >= 0.3 is 5.97 Å². The molecular formula is C19H16BrFN2O3S. The third-order valence-corrected chi connectivity index (χ3v) is 5.06. The van der Waals surface area contributed by atoms with Crippen LogP contribution in [0.4, 0.5) is 4.39 Å². The van der Waals surface area contributed by atoms with Crippen LogP contribution in [0, 0.1) is 12.7 Å². The molecule has 3 aromatic rings. The first-order valence-corrected chi connectivity index (χ1v) is 10.0. The second-order valence-corrected chi connectivity index (χ2v) is 7.66. The molecule has 0 fully saturated rings. The van der Waals surface area contributed by atoms with Crippen molar-refractivity contribution >= 4 is 33.7 Å². The van der Waals surface area contributed by atoms with E-state index in [-0.39, 0.29) is 24.1 Å². The van der Waals surface area contributed by atoms with Gasteiger partial charge in [-0.15, -0.1) is 22.0 Å². The molecule has 0 aliphatic carbocycles. The van der Waals surface area contributed by atoms with E-state index in [2.05, 4.69) is 26.1 Å². The second-order valence-electron chi connectivity index (χ2n) is 5.76. The van der Waals surface area contributed by atoms with Gasteiger partial charge in [-0.25, -0.2) is 4.39 Å². The number of carbonyl (C=O) groups excluding carboxylic acids is 1. The Morgan fingerprint density at radius 2 is 2.00 bits per heavy atom. The fourth-order valence-electron chi connectivity index (χ4n) is 2.19. The molecule has 8 heteroatoms. The van der Waals surface area contributed by atoms with Gasteiger partial charge in [-0.3, -0.25) is 4.79 Å². The summed E-state index contributed by atoms with van der Waals surface area (Å²) in [5, 5.41) is 7.83. The fraction of sp³-hybridized carbons (Fsp3) is 0.211. The van der Waals surface area contributed by atoms with Crippen molar-refractivity contribution in [3.8, 4) is 11.5 Å². The summed E-state index contributed by atoms with van der Waals surface area (Å²) < 4.78 is 25.0. The first-order chi connectivity index (χ1) is 13.0. The minimum atomic E-state index is -0.424. The Morgan fingerprint density at radius 1 is 1.22 bits per heavy atom. The van der Waals surface area contributed by atoms with Crippen molar-refractivity contribution in [3.63, 3.8) is 0 Å². The molecule has 2 aromatic carbocycles. The molecule has 3 rings (SSSR count). The van der Waals surface area contributed by atoms with E-state index < -0.39 is 5.97 Å². The normalized spacial score (nSPS) is 10.8. The van der Waals surface area contributed by atoms with Gasteiger partial charge < -0.3 is 9.15 Å². The van der Waals surface area contributed by atoms with Gasteiger partial charge in [0.05, 0.1) is 5.75 Å². The number of ether oxygens (including phenoxy) is 1. The molecule has 140 valence electrons. The van der Waals surface area contributed by atoms with Crippen LogP contribution in [-0.4, -0.2) is 21.9 Å². The number of hydrogen-bond acceptors (Lipinski definition) is 6. The van der Waals surface area contributed by atoms with Crippen molar-refractivity contribution < 1.29 is 18.3 Å². The van der Waals surface area contributed by atoms with Crippen LogP contribution in [-0.2, 0) is 21.9 Å². The number of carbonyl (C=O) groups is 1. The maximum Gasteiger partial charge on any atom is 0.316 e. The van der Waals surface area contributed by atoms with Crippen molar-refractivity contribution in [1.29, 1.82) is 0 Å². The summed E-state index contributed by atoms with van der Waals surface area (Å²) in [6.07, 6.45) is 0. The fourth-order valence-corrected chi connectivity index (χ4v) is 3.33. The van der Waals surface area contributed by atoms with E-state index >= 15 is 0 Å².